The van der Waals surface area contributed by atoms with Crippen molar-refractivity contribution in [3.63, 3.8) is 0 Å². The second-order valence-electron chi connectivity index (χ2n) is 5.68. The molecule has 1 heterocycles. The molecule has 0 N–H and O–H groups in total. The number of ketones is 1. The maximum absolute atomic E-state index is 13.0. The Balaban J connectivity index is 2.21. The molecule has 0 bridgehead atoms. The molecule has 2 aromatic carbocycles. The van der Waals surface area contributed by atoms with Crippen molar-refractivity contribution in [1.82, 2.24) is 4.90 Å². The van der Waals surface area contributed by atoms with Crippen molar-refractivity contribution >= 4 is 22.8 Å². The van der Waals surface area contributed by atoms with E-state index >= 15 is 0 Å². The maximum atomic E-state index is 13.0. The number of furan rings is 1. The number of hydrogen-bond donors (Lipinski definition) is 0. The van der Waals surface area contributed by atoms with E-state index in [1.165, 1.54) is 0 Å². The number of nitrogens with zero attached hydrogens (tertiary/aromatic N) is 1. The van der Waals surface area contributed by atoms with Crippen LogP contribution in [0.3, 0.4) is 0 Å². The lowest BCUT2D eigenvalue weighted by Gasteiger charge is -2.04. The van der Waals surface area contributed by atoms with Crippen molar-refractivity contribution < 1.29 is 13.9 Å². The van der Waals surface area contributed by atoms with Crippen LogP contribution in [-0.4, -0.2) is 31.9 Å². The van der Waals surface area contributed by atoms with Gasteiger partial charge in [0, 0.05) is 31.2 Å². The highest BCUT2D eigenvalue weighted by Gasteiger charge is 2.21. The van der Waals surface area contributed by atoms with Gasteiger partial charge in [-0.2, -0.15) is 0 Å². The zero-order chi connectivity index (χ0) is 17.1. The summed E-state index contributed by atoms with van der Waals surface area (Å²) in [5.74, 6) is 1.16. The number of carbonyl (C=O) groups excluding carboxylic acids is 1. The van der Waals surface area contributed by atoms with Gasteiger partial charge in [-0.25, -0.2) is 0 Å². The Morgan fingerprint density at radius 2 is 1.88 bits per heavy atom. The van der Waals surface area contributed by atoms with E-state index < -0.39 is 0 Å². The molecule has 0 saturated heterocycles. The standard InChI is InChI=1S/C20H19NO3/c1-21(2)12-11-18-19(20(22)14-7-5-4-6-8-14)16-13-15(23-3)9-10-17(16)24-18/h4-13H,1-3H3/b12-11-. The Kier molecular flexibility index (Phi) is 4.38. The number of rotatable bonds is 5. The lowest BCUT2D eigenvalue weighted by molar-refractivity contribution is 0.103. The highest BCUT2D eigenvalue weighted by atomic mass is 16.5. The summed E-state index contributed by atoms with van der Waals surface area (Å²) >= 11 is 0. The average Bonchev–Trinajstić information content (AvgIpc) is 2.97. The van der Waals surface area contributed by atoms with E-state index in [2.05, 4.69) is 0 Å². The topological polar surface area (TPSA) is 42.7 Å². The van der Waals surface area contributed by atoms with Crippen LogP contribution in [0.4, 0.5) is 0 Å². The van der Waals surface area contributed by atoms with Gasteiger partial charge < -0.3 is 14.1 Å². The fourth-order valence-corrected chi connectivity index (χ4v) is 2.52. The third-order valence-electron chi connectivity index (χ3n) is 3.71. The number of hydrogen-bond acceptors (Lipinski definition) is 4. The third kappa shape index (κ3) is 3.04. The Hall–Kier alpha value is -3.01. The van der Waals surface area contributed by atoms with E-state index in [0.717, 1.165) is 5.39 Å². The molecule has 122 valence electrons. The van der Waals surface area contributed by atoms with Crippen molar-refractivity contribution in [2.24, 2.45) is 0 Å². The zero-order valence-corrected chi connectivity index (χ0v) is 13.9. The molecule has 0 aliphatic carbocycles. The average molecular weight is 321 g/mol. The van der Waals surface area contributed by atoms with Gasteiger partial charge in [0.15, 0.2) is 5.78 Å². The Morgan fingerprint density at radius 1 is 1.12 bits per heavy atom. The fourth-order valence-electron chi connectivity index (χ4n) is 2.52. The Bertz CT molecular complexity index is 892. The predicted octanol–water partition coefficient (Wildman–Crippen LogP) is 4.20. The van der Waals surface area contributed by atoms with Crippen LogP contribution in [0.2, 0.25) is 0 Å². The third-order valence-corrected chi connectivity index (χ3v) is 3.71. The Morgan fingerprint density at radius 3 is 2.54 bits per heavy atom. The van der Waals surface area contributed by atoms with E-state index in [-0.39, 0.29) is 5.78 Å². The largest absolute Gasteiger partial charge is 0.497 e. The first kappa shape index (κ1) is 15.9. The number of carbonyl (C=O) groups is 1. The molecule has 4 heteroatoms. The van der Waals surface area contributed by atoms with Crippen LogP contribution in [0.1, 0.15) is 21.7 Å². The molecule has 0 atom stereocenters. The minimum atomic E-state index is -0.0685. The first-order chi connectivity index (χ1) is 11.6. The number of methoxy groups -OCH3 is 1. The van der Waals surface area contributed by atoms with Gasteiger partial charge >= 0.3 is 0 Å². The van der Waals surface area contributed by atoms with Crippen molar-refractivity contribution in [1.29, 1.82) is 0 Å². The highest BCUT2D eigenvalue weighted by Crippen LogP contribution is 2.32. The molecule has 3 rings (SSSR count). The second kappa shape index (κ2) is 6.62. The summed E-state index contributed by atoms with van der Waals surface area (Å²) in [6.07, 6.45) is 3.67. The molecule has 3 aromatic rings. The van der Waals surface area contributed by atoms with Gasteiger partial charge in [-0.05, 0) is 24.3 Å². The van der Waals surface area contributed by atoms with Crippen molar-refractivity contribution in [3.8, 4) is 5.75 Å². The van der Waals surface area contributed by atoms with Crippen LogP contribution < -0.4 is 4.74 Å². The Labute approximate surface area is 140 Å². The van der Waals surface area contributed by atoms with E-state index in [1.54, 1.807) is 19.2 Å². The quantitative estimate of drug-likeness (QED) is 0.660. The summed E-state index contributed by atoms with van der Waals surface area (Å²) in [5.41, 5.74) is 1.84. The first-order valence-corrected chi connectivity index (χ1v) is 7.65. The fraction of sp³-hybridized carbons (Fsp3) is 0.150. The highest BCUT2D eigenvalue weighted by molar-refractivity contribution is 6.18. The van der Waals surface area contributed by atoms with E-state index in [1.807, 2.05) is 67.7 Å². The number of fused-ring (bicyclic) bond motifs is 1. The summed E-state index contributed by atoms with van der Waals surface area (Å²) in [5, 5.41) is 0.751. The second-order valence-corrected chi connectivity index (χ2v) is 5.68. The monoisotopic (exact) mass is 321 g/mol. The minimum absolute atomic E-state index is 0.0685. The smallest absolute Gasteiger partial charge is 0.197 e. The molecule has 0 aliphatic heterocycles. The first-order valence-electron chi connectivity index (χ1n) is 7.65. The van der Waals surface area contributed by atoms with Gasteiger partial charge in [0.1, 0.15) is 17.1 Å². The summed E-state index contributed by atoms with van der Waals surface area (Å²) in [6.45, 7) is 0. The molecule has 0 radical (unpaired) electrons. The van der Waals surface area contributed by atoms with Crippen LogP contribution >= 0.6 is 0 Å². The zero-order valence-electron chi connectivity index (χ0n) is 13.9. The molecular formula is C20H19NO3. The molecule has 0 saturated carbocycles. The SMILES string of the molecule is COc1ccc2oc(/C=C\N(C)C)c(C(=O)c3ccccc3)c2c1. The molecule has 4 nitrogen and oxygen atoms in total. The van der Waals surface area contributed by atoms with E-state index in [9.17, 15) is 4.79 Å². The summed E-state index contributed by atoms with van der Waals surface area (Å²) < 4.78 is 11.2. The van der Waals surface area contributed by atoms with Crippen LogP contribution in [0.5, 0.6) is 5.75 Å². The van der Waals surface area contributed by atoms with Crippen LogP contribution in [0, 0.1) is 0 Å². The van der Waals surface area contributed by atoms with Crippen LogP contribution in [0.15, 0.2) is 59.1 Å². The van der Waals surface area contributed by atoms with E-state index in [0.29, 0.717) is 28.2 Å². The van der Waals surface area contributed by atoms with Crippen molar-refractivity contribution in [3.05, 3.63) is 71.6 Å². The molecule has 24 heavy (non-hydrogen) atoms. The molecule has 0 spiro atoms. The van der Waals surface area contributed by atoms with Gasteiger partial charge in [0.2, 0.25) is 0 Å². The van der Waals surface area contributed by atoms with Crippen LogP contribution in [-0.2, 0) is 0 Å². The predicted molar refractivity (Wildman–Crippen MR) is 95.4 cm³/mol. The molecular weight excluding hydrogens is 302 g/mol. The molecule has 0 fully saturated rings. The lowest BCUT2D eigenvalue weighted by atomic mass is 10.00. The van der Waals surface area contributed by atoms with Gasteiger partial charge in [0.05, 0.1) is 12.7 Å². The molecule has 0 aliphatic rings. The summed E-state index contributed by atoms with van der Waals surface area (Å²) in [7, 11) is 5.44. The molecule has 0 unspecified atom stereocenters. The van der Waals surface area contributed by atoms with Crippen molar-refractivity contribution in [2.45, 2.75) is 0 Å². The van der Waals surface area contributed by atoms with Gasteiger partial charge in [-0.3, -0.25) is 4.79 Å². The maximum Gasteiger partial charge on any atom is 0.197 e. The normalized spacial score (nSPS) is 11.1. The van der Waals surface area contributed by atoms with Gasteiger partial charge in [-0.15, -0.1) is 0 Å². The van der Waals surface area contributed by atoms with Crippen molar-refractivity contribution in [2.75, 3.05) is 21.2 Å². The number of benzene rings is 2. The lowest BCUT2D eigenvalue weighted by Crippen LogP contribution is -2.03. The van der Waals surface area contributed by atoms with Gasteiger partial charge in [-0.1, -0.05) is 30.3 Å². The number of ether oxygens (including phenoxy) is 1. The minimum Gasteiger partial charge on any atom is -0.497 e. The van der Waals surface area contributed by atoms with E-state index in [4.69, 9.17) is 9.15 Å². The summed E-state index contributed by atoms with van der Waals surface area (Å²) in [6, 6.07) is 14.7. The molecule has 0 amide bonds. The van der Waals surface area contributed by atoms with Gasteiger partial charge in [0.25, 0.3) is 0 Å². The summed E-state index contributed by atoms with van der Waals surface area (Å²) in [4.78, 5) is 14.9. The van der Waals surface area contributed by atoms with Crippen LogP contribution in [0.25, 0.3) is 17.0 Å². The molecule has 1 aromatic heterocycles.